The summed E-state index contributed by atoms with van der Waals surface area (Å²) in [6.45, 7) is 5.66. The van der Waals surface area contributed by atoms with Crippen LogP contribution in [0.3, 0.4) is 0 Å². The van der Waals surface area contributed by atoms with Crippen LogP contribution in [-0.4, -0.2) is 43.3 Å². The van der Waals surface area contributed by atoms with Gasteiger partial charge in [-0.1, -0.05) is 25.5 Å². The van der Waals surface area contributed by atoms with Crippen molar-refractivity contribution in [2.75, 3.05) is 19.3 Å². The van der Waals surface area contributed by atoms with Crippen LogP contribution >= 0.6 is 0 Å². The third kappa shape index (κ3) is 4.30. The van der Waals surface area contributed by atoms with Gasteiger partial charge in [0.1, 0.15) is 0 Å². The molecule has 1 fully saturated rings. The smallest absolute Gasteiger partial charge is 0.211 e. The Morgan fingerprint density at radius 2 is 2.15 bits per heavy atom. The van der Waals surface area contributed by atoms with Crippen molar-refractivity contribution in [2.45, 2.75) is 52.1 Å². The minimum absolute atomic E-state index is 0.148. The number of rotatable bonds is 3. The Morgan fingerprint density at radius 1 is 1.45 bits per heavy atom. The first kappa shape index (κ1) is 16.0. The molecule has 1 aliphatic heterocycles. The molecule has 1 N–H and O–H groups in total. The average Bonchev–Trinajstić information content (AvgIpc) is 2.25. The first-order valence-electron chi connectivity index (χ1n) is 7.48. The number of nitrogens with zero attached hydrogens (tertiary/aromatic N) is 1. The van der Waals surface area contributed by atoms with Crippen LogP contribution in [0.25, 0.3) is 0 Å². The zero-order valence-electron chi connectivity index (χ0n) is 12.8. The molecule has 2 atom stereocenters. The summed E-state index contributed by atoms with van der Waals surface area (Å²) in [5.74, 6) is 0.394. The lowest BCUT2D eigenvalue weighted by molar-refractivity contribution is 0.135. The molecule has 0 bridgehead atoms. The predicted octanol–water partition coefficient (Wildman–Crippen LogP) is 2.16. The van der Waals surface area contributed by atoms with E-state index in [1.54, 1.807) is 4.31 Å². The maximum Gasteiger partial charge on any atom is 0.211 e. The zero-order valence-corrected chi connectivity index (χ0v) is 13.6. The lowest BCUT2D eigenvalue weighted by atomic mass is 9.74. The summed E-state index contributed by atoms with van der Waals surface area (Å²) in [7, 11) is -3.07. The maximum atomic E-state index is 11.7. The van der Waals surface area contributed by atoms with Crippen molar-refractivity contribution in [2.24, 2.45) is 11.3 Å². The molecule has 1 heterocycles. The van der Waals surface area contributed by atoms with E-state index >= 15 is 0 Å². The van der Waals surface area contributed by atoms with Crippen LogP contribution in [-0.2, 0) is 10.0 Å². The second-order valence-corrected chi connectivity index (χ2v) is 9.25. The second kappa shape index (κ2) is 5.78. The van der Waals surface area contributed by atoms with Crippen molar-refractivity contribution in [1.82, 2.24) is 4.31 Å². The first-order chi connectivity index (χ1) is 9.16. The summed E-state index contributed by atoms with van der Waals surface area (Å²) in [5, 5.41) is 9.94. The van der Waals surface area contributed by atoms with Gasteiger partial charge in [0.05, 0.1) is 12.4 Å². The Kier molecular flexibility index (Phi) is 4.62. The fraction of sp³-hybridized carbons (Fsp3) is 0.867. The Bertz CT molecular complexity index is 481. The second-order valence-electron chi connectivity index (χ2n) is 7.27. The molecule has 116 valence electrons. The van der Waals surface area contributed by atoms with Crippen LogP contribution in [0.1, 0.15) is 46.0 Å². The third-order valence-corrected chi connectivity index (χ3v) is 5.67. The van der Waals surface area contributed by atoms with Crippen LogP contribution in [0.5, 0.6) is 0 Å². The Morgan fingerprint density at radius 3 is 2.75 bits per heavy atom. The molecule has 0 aromatic heterocycles. The topological polar surface area (TPSA) is 57.6 Å². The van der Waals surface area contributed by atoms with E-state index in [1.165, 1.54) is 11.8 Å². The van der Waals surface area contributed by atoms with Gasteiger partial charge in [-0.05, 0) is 43.4 Å². The molecule has 0 aromatic rings. The number of hydrogen-bond donors (Lipinski definition) is 1. The van der Waals surface area contributed by atoms with Crippen LogP contribution < -0.4 is 0 Å². The molecule has 1 aliphatic carbocycles. The monoisotopic (exact) mass is 301 g/mol. The number of aliphatic hydroxyl groups is 1. The maximum absolute atomic E-state index is 11.7. The van der Waals surface area contributed by atoms with Gasteiger partial charge in [0.25, 0.3) is 0 Å². The zero-order chi connectivity index (χ0) is 15.0. The molecule has 5 heteroatoms. The standard InChI is InChI=1S/C15H27NO3S/c1-15(2)9-13(8-14(17)10-15)7-12-5-4-6-16(11-12)20(3,18)19/h8,12,14,17H,4-7,9-11H2,1-3H3. The average molecular weight is 301 g/mol. The highest BCUT2D eigenvalue weighted by atomic mass is 32.2. The first-order valence-corrected chi connectivity index (χ1v) is 9.33. The van der Waals surface area contributed by atoms with Crippen LogP contribution in [0.15, 0.2) is 11.6 Å². The Balaban J connectivity index is 2.00. The molecule has 20 heavy (non-hydrogen) atoms. The van der Waals surface area contributed by atoms with Gasteiger partial charge in [0.15, 0.2) is 0 Å². The number of hydrogen-bond acceptors (Lipinski definition) is 3. The molecule has 0 amide bonds. The molecule has 0 radical (unpaired) electrons. The minimum Gasteiger partial charge on any atom is -0.389 e. The molecule has 1 saturated heterocycles. The summed E-state index contributed by atoms with van der Waals surface area (Å²) in [6.07, 6.45) is 7.72. The molecule has 2 aliphatic rings. The van der Waals surface area contributed by atoms with Crippen molar-refractivity contribution in [1.29, 1.82) is 0 Å². The van der Waals surface area contributed by atoms with Crippen molar-refractivity contribution >= 4 is 10.0 Å². The third-order valence-electron chi connectivity index (χ3n) is 4.40. The van der Waals surface area contributed by atoms with Gasteiger partial charge < -0.3 is 5.11 Å². The summed E-state index contributed by atoms with van der Waals surface area (Å²) in [5.41, 5.74) is 1.45. The molecule has 2 unspecified atom stereocenters. The SMILES string of the molecule is CC1(C)CC(CC2CCCN(S(C)(=O)=O)C2)=CC(O)C1. The highest BCUT2D eigenvalue weighted by molar-refractivity contribution is 7.88. The lowest BCUT2D eigenvalue weighted by Gasteiger charge is -2.36. The van der Waals surface area contributed by atoms with E-state index in [0.29, 0.717) is 19.0 Å². The minimum atomic E-state index is -3.07. The molecule has 4 nitrogen and oxygen atoms in total. The summed E-state index contributed by atoms with van der Waals surface area (Å²) < 4.78 is 24.9. The number of sulfonamides is 1. The molecule has 0 aromatic carbocycles. The number of piperidine rings is 1. The van der Waals surface area contributed by atoms with E-state index in [4.69, 9.17) is 0 Å². The summed E-state index contributed by atoms with van der Waals surface area (Å²) in [4.78, 5) is 0. The van der Waals surface area contributed by atoms with Gasteiger partial charge in [-0.3, -0.25) is 0 Å². The quantitative estimate of drug-likeness (QED) is 0.813. The summed E-state index contributed by atoms with van der Waals surface area (Å²) >= 11 is 0. The van der Waals surface area contributed by atoms with E-state index in [0.717, 1.165) is 32.1 Å². The van der Waals surface area contributed by atoms with E-state index < -0.39 is 10.0 Å². The van der Waals surface area contributed by atoms with Gasteiger partial charge in [0, 0.05) is 13.1 Å². The van der Waals surface area contributed by atoms with Crippen molar-refractivity contribution in [3.63, 3.8) is 0 Å². The van der Waals surface area contributed by atoms with E-state index in [-0.39, 0.29) is 11.5 Å². The van der Waals surface area contributed by atoms with Gasteiger partial charge in [-0.2, -0.15) is 0 Å². The van der Waals surface area contributed by atoms with Gasteiger partial charge in [-0.25, -0.2) is 12.7 Å². The van der Waals surface area contributed by atoms with Crippen LogP contribution in [0.4, 0.5) is 0 Å². The predicted molar refractivity (Wildman–Crippen MR) is 80.9 cm³/mol. The van der Waals surface area contributed by atoms with Gasteiger partial charge in [0.2, 0.25) is 10.0 Å². The van der Waals surface area contributed by atoms with Gasteiger partial charge >= 0.3 is 0 Å². The number of aliphatic hydroxyl groups excluding tert-OH is 1. The normalized spacial score (nSPS) is 31.9. The molecule has 0 saturated carbocycles. The largest absolute Gasteiger partial charge is 0.389 e. The van der Waals surface area contributed by atoms with Crippen LogP contribution in [0, 0.1) is 11.3 Å². The highest BCUT2D eigenvalue weighted by Gasteiger charge is 2.31. The fourth-order valence-electron chi connectivity index (χ4n) is 3.65. The van der Waals surface area contributed by atoms with Crippen molar-refractivity contribution < 1.29 is 13.5 Å². The Labute approximate surface area is 122 Å². The van der Waals surface area contributed by atoms with E-state index in [9.17, 15) is 13.5 Å². The van der Waals surface area contributed by atoms with E-state index in [1.807, 2.05) is 6.08 Å². The molecule has 2 rings (SSSR count). The fourth-order valence-corrected chi connectivity index (χ4v) is 4.59. The van der Waals surface area contributed by atoms with Gasteiger partial charge in [-0.15, -0.1) is 0 Å². The molecule has 0 spiro atoms. The molecular formula is C15H27NO3S. The van der Waals surface area contributed by atoms with Crippen molar-refractivity contribution in [3.8, 4) is 0 Å². The van der Waals surface area contributed by atoms with E-state index in [2.05, 4.69) is 13.8 Å². The molecular weight excluding hydrogens is 274 g/mol. The highest BCUT2D eigenvalue weighted by Crippen LogP contribution is 2.38. The van der Waals surface area contributed by atoms with Crippen LogP contribution in [0.2, 0.25) is 0 Å². The summed E-state index contributed by atoms with van der Waals surface area (Å²) in [6, 6.07) is 0. The Hall–Kier alpha value is -0.390. The number of allylic oxidation sites excluding steroid dienone is 1. The van der Waals surface area contributed by atoms with Crippen molar-refractivity contribution in [3.05, 3.63) is 11.6 Å². The lowest BCUT2D eigenvalue weighted by Crippen LogP contribution is -2.39.